The molecule has 0 spiro atoms. The number of hydrogen-bond acceptors (Lipinski definition) is 4. The van der Waals surface area contributed by atoms with Gasteiger partial charge in [-0.3, -0.25) is 14.9 Å². The number of carbonyl (C=O) groups is 2. The lowest BCUT2D eigenvalue weighted by atomic mass is 9.93. The number of carbonyl (C=O) groups excluding carboxylic acids is 2. The maximum Gasteiger partial charge on any atom is 0.233 e. The molecule has 0 unspecified atom stereocenters. The van der Waals surface area contributed by atoms with Crippen molar-refractivity contribution in [2.45, 2.75) is 0 Å². The lowest BCUT2D eigenvalue weighted by molar-refractivity contribution is -0.111. The second-order valence-electron chi connectivity index (χ2n) is 3.03. The highest BCUT2D eigenvalue weighted by molar-refractivity contribution is 6.50. The number of nitrogens with zero attached hydrogens (tertiary/aromatic N) is 1. The second kappa shape index (κ2) is 3.39. The number of nitrogens with one attached hydrogen (secondary N) is 1. The molecule has 0 aromatic heterocycles. The van der Waals surface area contributed by atoms with Crippen LogP contribution in [0.25, 0.3) is 5.70 Å². The minimum Gasteiger partial charge on any atom is -0.292 e. The van der Waals surface area contributed by atoms with Crippen molar-refractivity contribution in [2.24, 2.45) is 0 Å². The third kappa shape index (κ3) is 1.40. The Kier molecular flexibility index (Phi) is 2.07. The molecule has 1 aliphatic rings. The predicted molar refractivity (Wildman–Crippen MR) is 52.5 cm³/mol. The van der Waals surface area contributed by atoms with Crippen molar-refractivity contribution in [3.05, 3.63) is 41.5 Å². The van der Waals surface area contributed by atoms with Crippen LogP contribution < -0.4 is 5.32 Å². The maximum atomic E-state index is 11.5. The van der Waals surface area contributed by atoms with E-state index in [0.717, 1.165) is 6.08 Å². The minimum atomic E-state index is -0.605. The quantitative estimate of drug-likeness (QED) is 0.413. The van der Waals surface area contributed by atoms with Gasteiger partial charge in [0, 0.05) is 17.2 Å². The SMILES string of the molecule is N#CNC1=CC(=O)C(=O)c2ccccc21. The molecule has 0 atom stereocenters. The number of Topliss-reactive ketones (excluding diaryl/α,β-unsaturated/α-hetero) is 1. The topological polar surface area (TPSA) is 70.0 Å². The van der Waals surface area contributed by atoms with Crippen LogP contribution in [-0.2, 0) is 4.79 Å². The van der Waals surface area contributed by atoms with Crippen molar-refractivity contribution in [3.8, 4) is 6.19 Å². The molecule has 1 aromatic carbocycles. The van der Waals surface area contributed by atoms with Gasteiger partial charge in [-0.2, -0.15) is 5.26 Å². The lowest BCUT2D eigenvalue weighted by Gasteiger charge is -2.13. The van der Waals surface area contributed by atoms with Gasteiger partial charge in [-0.05, 0) is 0 Å². The zero-order chi connectivity index (χ0) is 10.8. The molecule has 0 saturated carbocycles. The lowest BCUT2D eigenvalue weighted by Crippen LogP contribution is -2.22. The fourth-order valence-electron chi connectivity index (χ4n) is 1.49. The summed E-state index contributed by atoms with van der Waals surface area (Å²) in [5.74, 6) is -1.14. The van der Waals surface area contributed by atoms with Crippen molar-refractivity contribution in [1.82, 2.24) is 5.32 Å². The Hall–Kier alpha value is -2.41. The average molecular weight is 198 g/mol. The van der Waals surface area contributed by atoms with Crippen LogP contribution in [0, 0.1) is 11.5 Å². The molecule has 15 heavy (non-hydrogen) atoms. The van der Waals surface area contributed by atoms with Gasteiger partial charge in [0.2, 0.25) is 11.6 Å². The van der Waals surface area contributed by atoms with Crippen molar-refractivity contribution in [3.63, 3.8) is 0 Å². The highest BCUT2D eigenvalue weighted by Crippen LogP contribution is 2.22. The van der Waals surface area contributed by atoms with E-state index in [1.807, 2.05) is 0 Å². The number of ketones is 2. The third-order valence-electron chi connectivity index (χ3n) is 2.15. The Morgan fingerprint density at radius 3 is 2.47 bits per heavy atom. The van der Waals surface area contributed by atoms with Crippen LogP contribution in [0.15, 0.2) is 30.3 Å². The van der Waals surface area contributed by atoms with E-state index in [0.29, 0.717) is 16.8 Å². The Morgan fingerprint density at radius 1 is 1.13 bits per heavy atom. The van der Waals surface area contributed by atoms with Crippen LogP contribution >= 0.6 is 0 Å². The number of hydrogen-bond donors (Lipinski definition) is 1. The summed E-state index contributed by atoms with van der Waals surface area (Å²) >= 11 is 0. The molecule has 72 valence electrons. The summed E-state index contributed by atoms with van der Waals surface area (Å²) in [6.45, 7) is 0. The van der Waals surface area contributed by atoms with E-state index < -0.39 is 11.6 Å². The summed E-state index contributed by atoms with van der Waals surface area (Å²) in [4.78, 5) is 22.7. The van der Waals surface area contributed by atoms with Crippen LogP contribution in [-0.4, -0.2) is 11.6 Å². The van der Waals surface area contributed by atoms with Gasteiger partial charge in [-0.1, -0.05) is 24.3 Å². The van der Waals surface area contributed by atoms with Gasteiger partial charge in [-0.15, -0.1) is 0 Å². The van der Waals surface area contributed by atoms with E-state index in [-0.39, 0.29) is 0 Å². The summed E-state index contributed by atoms with van der Waals surface area (Å²) in [6.07, 6.45) is 2.88. The molecule has 1 aliphatic carbocycles. The van der Waals surface area contributed by atoms with Gasteiger partial charge < -0.3 is 0 Å². The first kappa shape index (κ1) is 9.16. The summed E-state index contributed by atoms with van der Waals surface area (Å²) in [5, 5.41) is 10.9. The second-order valence-corrected chi connectivity index (χ2v) is 3.03. The highest BCUT2D eigenvalue weighted by Gasteiger charge is 2.24. The number of allylic oxidation sites excluding steroid dienone is 1. The molecule has 0 aliphatic heterocycles. The minimum absolute atomic E-state index is 0.336. The van der Waals surface area contributed by atoms with Crippen molar-refractivity contribution in [1.29, 1.82) is 5.26 Å². The van der Waals surface area contributed by atoms with Gasteiger partial charge in [0.1, 0.15) is 0 Å². The molecular formula is C11H6N2O2. The normalized spacial score (nSPS) is 13.9. The van der Waals surface area contributed by atoms with E-state index in [2.05, 4.69) is 5.32 Å². The largest absolute Gasteiger partial charge is 0.292 e. The molecule has 4 heteroatoms. The molecule has 0 fully saturated rings. The van der Waals surface area contributed by atoms with E-state index in [9.17, 15) is 9.59 Å². The first-order valence-corrected chi connectivity index (χ1v) is 4.29. The molecule has 0 saturated heterocycles. The van der Waals surface area contributed by atoms with Crippen molar-refractivity contribution < 1.29 is 9.59 Å². The predicted octanol–water partition coefficient (Wildman–Crippen LogP) is 0.864. The van der Waals surface area contributed by atoms with Crippen LogP contribution in [0.5, 0.6) is 0 Å². The monoisotopic (exact) mass is 198 g/mol. The van der Waals surface area contributed by atoms with E-state index >= 15 is 0 Å². The molecule has 0 heterocycles. The molecule has 1 N–H and O–H groups in total. The number of nitriles is 1. The van der Waals surface area contributed by atoms with Crippen LogP contribution in [0.3, 0.4) is 0 Å². The van der Waals surface area contributed by atoms with E-state index in [1.54, 1.807) is 30.5 Å². The Balaban J connectivity index is 2.62. The van der Waals surface area contributed by atoms with Gasteiger partial charge in [0.05, 0.1) is 5.70 Å². The average Bonchev–Trinajstić information content (AvgIpc) is 2.26. The van der Waals surface area contributed by atoms with Gasteiger partial charge >= 0.3 is 0 Å². The highest BCUT2D eigenvalue weighted by atomic mass is 16.2. The van der Waals surface area contributed by atoms with Crippen LogP contribution in [0.2, 0.25) is 0 Å². The van der Waals surface area contributed by atoms with Gasteiger partial charge in [-0.25, -0.2) is 0 Å². The summed E-state index contributed by atoms with van der Waals surface area (Å²) in [6, 6.07) is 6.69. The van der Waals surface area contributed by atoms with E-state index in [1.165, 1.54) is 0 Å². The summed E-state index contributed by atoms with van der Waals surface area (Å²) in [5.41, 5.74) is 1.30. The van der Waals surface area contributed by atoms with Gasteiger partial charge in [0.15, 0.2) is 6.19 Å². The smallest absolute Gasteiger partial charge is 0.233 e. The van der Waals surface area contributed by atoms with Crippen molar-refractivity contribution >= 4 is 17.3 Å². The summed E-state index contributed by atoms with van der Waals surface area (Å²) in [7, 11) is 0. The maximum absolute atomic E-state index is 11.5. The zero-order valence-corrected chi connectivity index (χ0v) is 7.65. The number of rotatable bonds is 1. The zero-order valence-electron chi connectivity index (χ0n) is 7.65. The Labute approximate surface area is 85.8 Å². The number of fused-ring (bicyclic) bond motifs is 1. The number of benzene rings is 1. The first-order chi connectivity index (χ1) is 7.24. The molecule has 2 rings (SSSR count). The molecule has 0 bridgehead atoms. The molecule has 0 amide bonds. The molecule has 4 nitrogen and oxygen atoms in total. The van der Waals surface area contributed by atoms with Crippen molar-refractivity contribution in [2.75, 3.05) is 0 Å². The van der Waals surface area contributed by atoms with Gasteiger partial charge in [0.25, 0.3) is 0 Å². The summed E-state index contributed by atoms with van der Waals surface area (Å²) < 4.78 is 0. The third-order valence-corrected chi connectivity index (χ3v) is 2.15. The standard InChI is InChI=1S/C11H6N2O2/c12-6-13-9-5-10(14)11(15)8-4-2-1-3-7(8)9/h1-5,13H. The van der Waals surface area contributed by atoms with Crippen LogP contribution in [0.1, 0.15) is 15.9 Å². The first-order valence-electron chi connectivity index (χ1n) is 4.29. The van der Waals surface area contributed by atoms with E-state index in [4.69, 9.17) is 5.26 Å². The van der Waals surface area contributed by atoms with Crippen LogP contribution in [0.4, 0.5) is 0 Å². The molecule has 0 radical (unpaired) electrons. The molecule has 1 aromatic rings. The molecular weight excluding hydrogens is 192 g/mol. The fraction of sp³-hybridized carbons (Fsp3) is 0. The Morgan fingerprint density at radius 2 is 1.80 bits per heavy atom. The fourth-order valence-corrected chi connectivity index (χ4v) is 1.49. The Bertz CT molecular complexity index is 524.